The Hall–Kier alpha value is -1.70. The topological polar surface area (TPSA) is 129 Å². The molecule has 0 aliphatic heterocycles. The van der Waals surface area contributed by atoms with Crippen LogP contribution in [0.1, 0.15) is 194 Å². The summed E-state index contributed by atoms with van der Waals surface area (Å²) in [6.07, 6.45) is 27.0. The van der Waals surface area contributed by atoms with E-state index in [1.807, 2.05) is 0 Å². The molecule has 0 aromatic rings. The van der Waals surface area contributed by atoms with Crippen LogP contribution in [0.4, 0.5) is 0 Å². The number of unbranched alkanes of at least 4 members (excludes halogenated alkanes) is 21. The predicted octanol–water partition coefficient (Wildman–Crippen LogP) is 8.62. The number of allylic oxidation sites excluding steroid dienone is 2. The van der Waals surface area contributed by atoms with Gasteiger partial charge in [-0.3, -0.25) is 19.2 Å². The fourth-order valence-electron chi connectivity index (χ4n) is 6.60. The van der Waals surface area contributed by atoms with Gasteiger partial charge < -0.3 is 15.3 Å². The van der Waals surface area contributed by atoms with E-state index in [4.69, 9.17) is 0 Å². The summed E-state index contributed by atoms with van der Waals surface area (Å²) >= 11 is 0. The molecule has 2 atom stereocenters. The molecule has 2 unspecified atom stereocenters. The van der Waals surface area contributed by atoms with Crippen LogP contribution in [0, 0.1) is 0 Å². The molecule has 0 spiro atoms. The van der Waals surface area contributed by atoms with E-state index in [0.29, 0.717) is 19.3 Å². The van der Waals surface area contributed by atoms with Gasteiger partial charge in [-0.2, -0.15) is 0 Å². The summed E-state index contributed by atoms with van der Waals surface area (Å²) in [5.74, 6) is -3.87. The minimum atomic E-state index is -3.16. The van der Waals surface area contributed by atoms with Gasteiger partial charge in [0.05, 0.1) is 0 Å². The van der Waals surface area contributed by atoms with Crippen molar-refractivity contribution >= 4 is 23.1 Å². The van der Waals surface area contributed by atoms with Gasteiger partial charge in [0.25, 0.3) is 0 Å². The number of hydrogen-bond acceptors (Lipinski definition) is 7. The van der Waals surface area contributed by atoms with E-state index in [-0.39, 0.29) is 25.7 Å². The van der Waals surface area contributed by atoms with Crippen LogP contribution >= 0.6 is 0 Å². The van der Waals surface area contributed by atoms with Crippen LogP contribution in [0.15, 0.2) is 12.2 Å². The Kier molecular flexibility index (Phi) is 23.3. The van der Waals surface area contributed by atoms with Gasteiger partial charge in [0.2, 0.25) is 5.60 Å². The van der Waals surface area contributed by atoms with Crippen molar-refractivity contribution in [2.75, 3.05) is 0 Å². The van der Waals surface area contributed by atoms with Crippen molar-refractivity contribution in [2.24, 2.45) is 0 Å². The van der Waals surface area contributed by atoms with Crippen molar-refractivity contribution in [1.82, 2.24) is 0 Å². The molecule has 1 saturated carbocycles. The lowest BCUT2D eigenvalue weighted by atomic mass is 9.70. The Balaban J connectivity index is 2.48. The molecular formula is C39H68O7. The van der Waals surface area contributed by atoms with Gasteiger partial charge >= 0.3 is 0 Å². The van der Waals surface area contributed by atoms with E-state index < -0.39 is 40.4 Å². The average molecular weight is 649 g/mol. The first-order valence-electron chi connectivity index (χ1n) is 19.1. The highest BCUT2D eigenvalue weighted by Crippen LogP contribution is 2.38. The van der Waals surface area contributed by atoms with E-state index in [9.17, 15) is 34.5 Å². The van der Waals surface area contributed by atoms with Crippen molar-refractivity contribution in [3.63, 3.8) is 0 Å². The molecule has 0 bridgehead atoms. The molecule has 266 valence electrons. The molecule has 7 nitrogen and oxygen atoms in total. The molecule has 0 radical (unpaired) electrons. The minimum Gasteiger partial charge on any atom is -0.382 e. The van der Waals surface area contributed by atoms with Crippen LogP contribution in [-0.4, -0.2) is 55.8 Å². The SMILES string of the molecule is CCCCCCCC/C=C\CCCCCCCC(=O)C(O)(C(O)C(=O)CCCCCCCCCCCCC)C1(O)C(=O)CCC1=O. The summed E-state index contributed by atoms with van der Waals surface area (Å²) in [5, 5.41) is 33.6. The van der Waals surface area contributed by atoms with E-state index in [1.165, 1.54) is 77.0 Å². The first-order chi connectivity index (χ1) is 22.2. The minimum absolute atomic E-state index is 0.0976. The van der Waals surface area contributed by atoms with E-state index in [1.54, 1.807) is 0 Å². The predicted molar refractivity (Wildman–Crippen MR) is 186 cm³/mol. The number of ketones is 4. The standard InChI is InChI=1S/C39H68O7/c1-3-5-7-9-11-13-15-16-17-18-20-22-24-26-28-30-34(41)39(46,38(45)35(42)31-32-36(38)43)37(44)33(40)29-27-25-23-21-19-14-12-10-8-6-4-2/h16-17,37,44-46H,3-15,18-32H2,1-2H3/b17-16-. The molecule has 1 fully saturated rings. The lowest BCUT2D eigenvalue weighted by Crippen LogP contribution is -2.72. The van der Waals surface area contributed by atoms with E-state index in [0.717, 1.165) is 57.8 Å². The van der Waals surface area contributed by atoms with E-state index >= 15 is 0 Å². The van der Waals surface area contributed by atoms with Crippen molar-refractivity contribution in [1.29, 1.82) is 0 Å². The average Bonchev–Trinajstić information content (AvgIpc) is 3.32. The van der Waals surface area contributed by atoms with Gasteiger partial charge in [-0.1, -0.05) is 142 Å². The molecule has 0 aromatic carbocycles. The summed E-state index contributed by atoms with van der Waals surface area (Å²) in [5.41, 5.74) is -6.24. The van der Waals surface area contributed by atoms with Crippen molar-refractivity contribution in [2.45, 2.75) is 211 Å². The van der Waals surface area contributed by atoms with Crippen LogP contribution in [0.25, 0.3) is 0 Å². The second-order valence-corrected chi connectivity index (χ2v) is 13.7. The monoisotopic (exact) mass is 648 g/mol. The van der Waals surface area contributed by atoms with Gasteiger partial charge in [-0.05, 0) is 38.5 Å². The second kappa shape index (κ2) is 25.3. The zero-order valence-electron chi connectivity index (χ0n) is 29.5. The Labute approximate surface area is 280 Å². The summed E-state index contributed by atoms with van der Waals surface area (Å²) in [6.45, 7) is 4.44. The molecule has 1 aliphatic rings. The third-order valence-electron chi connectivity index (χ3n) is 9.76. The third kappa shape index (κ3) is 14.6. The number of rotatable bonds is 31. The summed E-state index contributed by atoms with van der Waals surface area (Å²) in [7, 11) is 0. The maximum atomic E-state index is 13.4. The summed E-state index contributed by atoms with van der Waals surface area (Å²) in [4.78, 5) is 51.6. The summed E-state index contributed by atoms with van der Waals surface area (Å²) in [6, 6.07) is 0. The number of aliphatic hydroxyl groups is 3. The third-order valence-corrected chi connectivity index (χ3v) is 9.76. The fourth-order valence-corrected chi connectivity index (χ4v) is 6.60. The largest absolute Gasteiger partial charge is 0.382 e. The van der Waals surface area contributed by atoms with Crippen molar-refractivity contribution < 1.29 is 34.5 Å². The number of aliphatic hydroxyl groups excluding tert-OH is 1. The number of carbonyl (C=O) groups is 4. The van der Waals surface area contributed by atoms with Crippen LogP contribution in [0.3, 0.4) is 0 Å². The van der Waals surface area contributed by atoms with E-state index in [2.05, 4.69) is 26.0 Å². The van der Waals surface area contributed by atoms with Crippen molar-refractivity contribution in [3.8, 4) is 0 Å². The molecular weight excluding hydrogens is 580 g/mol. The maximum absolute atomic E-state index is 13.4. The fraction of sp³-hybridized carbons (Fsp3) is 0.846. The summed E-state index contributed by atoms with van der Waals surface area (Å²) < 4.78 is 0. The number of Topliss-reactive ketones (excluding diaryl/α,β-unsaturated/α-hetero) is 4. The zero-order chi connectivity index (χ0) is 34.1. The molecule has 0 heterocycles. The smallest absolute Gasteiger partial charge is 0.220 e. The normalized spacial score (nSPS) is 16.7. The van der Waals surface area contributed by atoms with Gasteiger partial charge in [-0.25, -0.2) is 0 Å². The van der Waals surface area contributed by atoms with Gasteiger partial charge in [0.1, 0.15) is 0 Å². The molecule has 0 saturated heterocycles. The van der Waals surface area contributed by atoms with Crippen molar-refractivity contribution in [3.05, 3.63) is 12.2 Å². The maximum Gasteiger partial charge on any atom is 0.220 e. The Morgan fingerprint density at radius 1 is 0.630 bits per heavy atom. The molecule has 7 heteroatoms. The van der Waals surface area contributed by atoms with Gasteiger partial charge in [0.15, 0.2) is 34.8 Å². The Morgan fingerprint density at radius 3 is 1.39 bits per heavy atom. The molecule has 0 amide bonds. The molecule has 1 rings (SSSR count). The van der Waals surface area contributed by atoms with Gasteiger partial charge in [0, 0.05) is 25.7 Å². The lowest BCUT2D eigenvalue weighted by Gasteiger charge is -2.40. The highest BCUT2D eigenvalue weighted by molar-refractivity contribution is 6.21. The van der Waals surface area contributed by atoms with Crippen LogP contribution in [0.5, 0.6) is 0 Å². The first-order valence-corrected chi connectivity index (χ1v) is 19.1. The molecule has 46 heavy (non-hydrogen) atoms. The molecule has 3 N–H and O–H groups in total. The highest BCUT2D eigenvalue weighted by atomic mass is 16.4. The quantitative estimate of drug-likeness (QED) is 0.0390. The highest BCUT2D eigenvalue weighted by Gasteiger charge is 2.69. The Morgan fingerprint density at radius 2 is 0.978 bits per heavy atom. The van der Waals surface area contributed by atoms with Gasteiger partial charge in [-0.15, -0.1) is 0 Å². The molecule has 1 aliphatic carbocycles. The second-order valence-electron chi connectivity index (χ2n) is 13.7. The van der Waals surface area contributed by atoms with Crippen LogP contribution in [0.2, 0.25) is 0 Å². The zero-order valence-corrected chi connectivity index (χ0v) is 29.5. The molecule has 0 aromatic heterocycles. The number of carbonyl (C=O) groups excluding carboxylic acids is 4. The van der Waals surface area contributed by atoms with Crippen LogP contribution < -0.4 is 0 Å². The lowest BCUT2D eigenvalue weighted by molar-refractivity contribution is -0.202. The number of hydrogen-bond donors (Lipinski definition) is 3. The Bertz CT molecular complexity index is 879. The first kappa shape index (κ1) is 42.3. The van der Waals surface area contributed by atoms with Crippen LogP contribution in [-0.2, 0) is 19.2 Å².